The maximum absolute atomic E-state index is 13.6. The monoisotopic (exact) mass is 261 g/mol. The first kappa shape index (κ1) is 13.9. The van der Waals surface area contributed by atoms with E-state index in [0.717, 1.165) is 6.07 Å². The molecule has 1 atom stereocenters. The summed E-state index contributed by atoms with van der Waals surface area (Å²) in [5, 5.41) is 10.3. The quantitative estimate of drug-likeness (QED) is 0.449. The van der Waals surface area contributed by atoms with E-state index < -0.39 is 16.4 Å². The fraction of sp³-hybridized carbons (Fsp3) is 0.455. The average molecular weight is 262 g/mol. The molecular formula is C11H13ClFNO3. The van der Waals surface area contributed by atoms with Crippen LogP contribution in [0.5, 0.6) is 0 Å². The predicted octanol–water partition coefficient (Wildman–Crippen LogP) is 2.92. The van der Waals surface area contributed by atoms with Gasteiger partial charge in [-0.2, -0.15) is 4.39 Å². The zero-order valence-corrected chi connectivity index (χ0v) is 10.1. The third-order valence-corrected chi connectivity index (χ3v) is 2.67. The molecule has 0 aromatic heterocycles. The minimum atomic E-state index is -0.779. The molecule has 17 heavy (non-hydrogen) atoms. The Labute approximate surface area is 103 Å². The summed E-state index contributed by atoms with van der Waals surface area (Å²) in [6.45, 7) is 0.373. The van der Waals surface area contributed by atoms with Crippen LogP contribution in [0.4, 0.5) is 10.1 Å². The van der Waals surface area contributed by atoms with Crippen molar-refractivity contribution >= 4 is 17.3 Å². The number of hydrogen-bond acceptors (Lipinski definition) is 3. The lowest BCUT2D eigenvalue weighted by molar-refractivity contribution is -0.387. The normalized spacial score (nSPS) is 12.4. The molecule has 4 nitrogen and oxygen atoms in total. The van der Waals surface area contributed by atoms with E-state index in [1.54, 1.807) is 0 Å². The van der Waals surface area contributed by atoms with Crippen molar-refractivity contribution in [2.45, 2.75) is 18.2 Å². The van der Waals surface area contributed by atoms with Crippen LogP contribution in [0.2, 0.25) is 0 Å². The fourth-order valence-corrected chi connectivity index (χ4v) is 1.71. The Morgan fingerprint density at radius 2 is 2.29 bits per heavy atom. The van der Waals surface area contributed by atoms with Gasteiger partial charge in [0.05, 0.1) is 16.9 Å². The van der Waals surface area contributed by atoms with Crippen LogP contribution in [0.1, 0.15) is 12.0 Å². The first-order valence-electron chi connectivity index (χ1n) is 5.11. The molecule has 0 radical (unpaired) electrons. The summed E-state index contributed by atoms with van der Waals surface area (Å²) in [5.41, 5.74) is -0.193. The highest BCUT2D eigenvalue weighted by atomic mass is 35.5. The summed E-state index contributed by atoms with van der Waals surface area (Å²) in [7, 11) is 1.53. The lowest BCUT2D eigenvalue weighted by Crippen LogP contribution is -2.09. The van der Waals surface area contributed by atoms with Crippen LogP contribution in [0, 0.1) is 15.9 Å². The summed E-state index contributed by atoms with van der Waals surface area (Å²) >= 11 is 5.90. The summed E-state index contributed by atoms with van der Waals surface area (Å²) in [6, 6.07) is 4.14. The van der Waals surface area contributed by atoms with Gasteiger partial charge in [0, 0.05) is 13.2 Å². The molecule has 0 heterocycles. The van der Waals surface area contributed by atoms with E-state index in [1.807, 2.05) is 0 Å². The highest BCUT2D eigenvalue weighted by Crippen LogP contribution is 2.22. The molecule has 94 valence electrons. The number of nitro groups is 1. The molecule has 0 amide bonds. The number of ether oxygens (including phenoxy) is 1. The number of nitrogens with zero attached hydrogens (tertiary/aromatic N) is 1. The Kier molecular flexibility index (Phi) is 5.31. The number of benzene rings is 1. The van der Waals surface area contributed by atoms with Gasteiger partial charge in [-0.1, -0.05) is 12.1 Å². The second kappa shape index (κ2) is 6.51. The molecule has 0 N–H and O–H groups in total. The van der Waals surface area contributed by atoms with E-state index in [-0.39, 0.29) is 5.38 Å². The van der Waals surface area contributed by atoms with Crippen LogP contribution in [0.25, 0.3) is 0 Å². The Balaban J connectivity index is 2.72. The van der Waals surface area contributed by atoms with E-state index in [2.05, 4.69) is 0 Å². The highest BCUT2D eigenvalue weighted by molar-refractivity contribution is 6.20. The van der Waals surface area contributed by atoms with Gasteiger partial charge in [0.15, 0.2) is 0 Å². The van der Waals surface area contributed by atoms with E-state index in [9.17, 15) is 14.5 Å². The van der Waals surface area contributed by atoms with Crippen LogP contribution >= 0.6 is 11.6 Å². The van der Waals surface area contributed by atoms with E-state index >= 15 is 0 Å². The minimum absolute atomic E-state index is 0.223. The van der Waals surface area contributed by atoms with Crippen LogP contribution in [0.3, 0.4) is 0 Å². The van der Waals surface area contributed by atoms with Crippen molar-refractivity contribution in [1.29, 1.82) is 0 Å². The number of aryl methyl sites for hydroxylation is 1. The SMILES string of the molecule is COCC(Cl)CCc1cccc([N+](=O)[O-])c1F. The highest BCUT2D eigenvalue weighted by Gasteiger charge is 2.17. The second-order valence-corrected chi connectivity index (χ2v) is 4.22. The summed E-state index contributed by atoms with van der Waals surface area (Å²) < 4.78 is 18.5. The molecule has 1 unspecified atom stereocenters. The maximum atomic E-state index is 13.6. The molecule has 0 spiro atoms. The first-order valence-corrected chi connectivity index (χ1v) is 5.54. The Bertz CT molecular complexity index is 400. The Hall–Kier alpha value is -1.20. The third-order valence-electron chi connectivity index (χ3n) is 2.33. The van der Waals surface area contributed by atoms with Crippen molar-refractivity contribution in [2.75, 3.05) is 13.7 Å². The Morgan fingerprint density at radius 3 is 2.88 bits per heavy atom. The minimum Gasteiger partial charge on any atom is -0.383 e. The molecule has 0 fully saturated rings. The van der Waals surface area contributed by atoms with Crippen LogP contribution < -0.4 is 0 Å². The van der Waals surface area contributed by atoms with Gasteiger partial charge in [-0.15, -0.1) is 11.6 Å². The Morgan fingerprint density at radius 1 is 1.59 bits per heavy atom. The maximum Gasteiger partial charge on any atom is 0.305 e. The predicted molar refractivity (Wildman–Crippen MR) is 62.9 cm³/mol. The number of rotatable bonds is 6. The van der Waals surface area contributed by atoms with Crippen molar-refractivity contribution < 1.29 is 14.1 Å². The van der Waals surface area contributed by atoms with Crippen LogP contribution in [-0.2, 0) is 11.2 Å². The fourth-order valence-electron chi connectivity index (χ4n) is 1.48. The lowest BCUT2D eigenvalue weighted by Gasteiger charge is -2.08. The zero-order chi connectivity index (χ0) is 12.8. The zero-order valence-electron chi connectivity index (χ0n) is 9.36. The van der Waals surface area contributed by atoms with Gasteiger partial charge in [0.1, 0.15) is 0 Å². The molecule has 0 aliphatic rings. The lowest BCUT2D eigenvalue weighted by atomic mass is 10.1. The number of methoxy groups -OCH3 is 1. The molecule has 1 aromatic rings. The molecule has 0 bridgehead atoms. The number of nitro benzene ring substituents is 1. The molecule has 0 aliphatic carbocycles. The van der Waals surface area contributed by atoms with E-state index in [1.165, 1.54) is 19.2 Å². The molecular weight excluding hydrogens is 249 g/mol. The standard InChI is InChI=1S/C11H13ClFNO3/c1-17-7-9(12)6-5-8-3-2-4-10(11(8)13)14(15)16/h2-4,9H,5-7H2,1H3. The van der Waals surface area contributed by atoms with Crippen molar-refractivity contribution in [3.05, 3.63) is 39.7 Å². The number of hydrogen-bond donors (Lipinski definition) is 0. The molecule has 0 saturated heterocycles. The molecule has 0 aliphatic heterocycles. The van der Waals surface area contributed by atoms with Gasteiger partial charge in [-0.25, -0.2) is 0 Å². The topological polar surface area (TPSA) is 52.4 Å². The van der Waals surface area contributed by atoms with Gasteiger partial charge in [0.25, 0.3) is 0 Å². The first-order chi connectivity index (χ1) is 8.06. The largest absolute Gasteiger partial charge is 0.383 e. The number of halogens is 2. The van der Waals surface area contributed by atoms with Crippen molar-refractivity contribution in [2.24, 2.45) is 0 Å². The average Bonchev–Trinajstić information content (AvgIpc) is 2.27. The van der Waals surface area contributed by atoms with Crippen LogP contribution in [0.15, 0.2) is 18.2 Å². The van der Waals surface area contributed by atoms with Gasteiger partial charge < -0.3 is 4.74 Å². The van der Waals surface area contributed by atoms with Crippen molar-refractivity contribution in [1.82, 2.24) is 0 Å². The van der Waals surface area contributed by atoms with Gasteiger partial charge in [0.2, 0.25) is 5.82 Å². The molecule has 1 rings (SSSR count). The summed E-state index contributed by atoms with van der Waals surface area (Å²) in [5.74, 6) is -0.779. The van der Waals surface area contributed by atoms with Crippen molar-refractivity contribution in [3.8, 4) is 0 Å². The smallest absolute Gasteiger partial charge is 0.305 e. The van der Waals surface area contributed by atoms with Crippen LogP contribution in [-0.4, -0.2) is 24.0 Å². The second-order valence-electron chi connectivity index (χ2n) is 3.60. The summed E-state index contributed by atoms with van der Waals surface area (Å²) in [6.07, 6.45) is 0.860. The van der Waals surface area contributed by atoms with E-state index in [4.69, 9.17) is 16.3 Å². The van der Waals surface area contributed by atoms with E-state index in [0.29, 0.717) is 25.0 Å². The van der Waals surface area contributed by atoms with Gasteiger partial charge >= 0.3 is 5.69 Å². The van der Waals surface area contributed by atoms with Gasteiger partial charge in [-0.3, -0.25) is 10.1 Å². The summed E-state index contributed by atoms with van der Waals surface area (Å²) in [4.78, 5) is 9.80. The molecule has 1 aromatic carbocycles. The third kappa shape index (κ3) is 3.94. The molecule has 6 heteroatoms. The van der Waals surface area contributed by atoms with Gasteiger partial charge in [-0.05, 0) is 18.4 Å². The van der Waals surface area contributed by atoms with Crippen molar-refractivity contribution in [3.63, 3.8) is 0 Å². The molecule has 0 saturated carbocycles. The number of alkyl halides is 1.